The normalized spacial score (nSPS) is 15.3. The minimum atomic E-state index is -5.36. The van der Waals surface area contributed by atoms with Crippen LogP contribution in [0.2, 0.25) is 0 Å². The first-order valence-electron chi connectivity index (χ1n) is 6.20. The molecule has 0 aliphatic carbocycles. The highest BCUT2D eigenvalue weighted by atomic mass is 79.9. The average Bonchev–Trinajstić information content (AvgIpc) is 2.45. The minimum absolute atomic E-state index is 0.156. The van der Waals surface area contributed by atoms with Gasteiger partial charge in [-0.3, -0.25) is 0 Å². The number of benzene rings is 2. The average molecular weight is 399 g/mol. The van der Waals surface area contributed by atoms with Gasteiger partial charge < -0.3 is 5.11 Å². The van der Waals surface area contributed by atoms with Crippen LogP contribution < -0.4 is 0 Å². The molecule has 8 heteroatoms. The van der Waals surface area contributed by atoms with Gasteiger partial charge in [-0.25, -0.2) is 0 Å². The zero-order valence-electron chi connectivity index (χ0n) is 11.2. The summed E-state index contributed by atoms with van der Waals surface area (Å²) in [7, 11) is 0. The number of hydrogen-bond donors (Lipinski definition) is 1. The molecule has 1 nitrogen and oxygen atoms in total. The van der Waals surface area contributed by atoms with Gasteiger partial charge in [0.25, 0.3) is 0 Å². The van der Waals surface area contributed by atoms with Gasteiger partial charge in [0.1, 0.15) is 0 Å². The first kappa shape index (κ1) is 17.8. The lowest BCUT2D eigenvalue weighted by Gasteiger charge is -2.34. The number of aliphatic hydroxyl groups is 1. The Morgan fingerprint density at radius 2 is 1.13 bits per heavy atom. The van der Waals surface area contributed by atoms with E-state index in [0.29, 0.717) is 12.1 Å². The molecule has 2 aromatic rings. The summed E-state index contributed by atoms with van der Waals surface area (Å²) < 4.78 is 79.9. The molecule has 2 rings (SSSR count). The summed E-state index contributed by atoms with van der Waals surface area (Å²) in [6.07, 6.45) is -10.4. The minimum Gasteiger partial charge on any atom is -0.372 e. The topological polar surface area (TPSA) is 20.2 Å². The van der Waals surface area contributed by atoms with E-state index in [2.05, 4.69) is 15.9 Å². The molecule has 0 saturated carbocycles. The molecule has 0 bridgehead atoms. The van der Waals surface area contributed by atoms with Gasteiger partial charge in [0, 0.05) is 15.6 Å². The fraction of sp³-hybridized carbons (Fsp3) is 0.200. The van der Waals surface area contributed by atoms with Crippen LogP contribution in [0, 0.1) is 0 Å². The van der Waals surface area contributed by atoms with Gasteiger partial charge in [-0.15, -0.1) is 0 Å². The fourth-order valence-corrected chi connectivity index (χ4v) is 2.82. The van der Waals surface area contributed by atoms with E-state index in [1.807, 2.05) is 0 Å². The monoisotopic (exact) mass is 398 g/mol. The van der Waals surface area contributed by atoms with Crippen LogP contribution in [0.3, 0.4) is 0 Å². The largest absolute Gasteiger partial charge is 0.425 e. The molecule has 1 atom stereocenters. The van der Waals surface area contributed by atoms with E-state index in [9.17, 15) is 31.4 Å². The third kappa shape index (κ3) is 3.10. The highest BCUT2D eigenvalue weighted by Crippen LogP contribution is 2.49. The molecule has 0 aliphatic rings. The van der Waals surface area contributed by atoms with Crippen molar-refractivity contribution in [2.45, 2.75) is 18.0 Å². The predicted molar refractivity (Wildman–Crippen MR) is 74.6 cm³/mol. The molecule has 23 heavy (non-hydrogen) atoms. The Kier molecular flexibility index (Phi) is 4.51. The Balaban J connectivity index is 2.85. The third-order valence-electron chi connectivity index (χ3n) is 3.30. The number of rotatable bonds is 2. The highest BCUT2D eigenvalue weighted by Gasteiger charge is 2.59. The maximum atomic E-state index is 13.6. The van der Waals surface area contributed by atoms with E-state index in [4.69, 9.17) is 0 Å². The van der Waals surface area contributed by atoms with Crippen molar-refractivity contribution in [2.75, 3.05) is 0 Å². The van der Waals surface area contributed by atoms with Crippen LogP contribution in [0.25, 0.3) is 0 Å². The second-order valence-electron chi connectivity index (χ2n) is 4.73. The van der Waals surface area contributed by atoms with Gasteiger partial charge in [-0.2, -0.15) is 26.3 Å². The van der Waals surface area contributed by atoms with E-state index < -0.39 is 34.6 Å². The van der Waals surface area contributed by atoms with Crippen LogP contribution in [0.4, 0.5) is 26.3 Å². The molecule has 0 fully saturated rings. The third-order valence-corrected chi connectivity index (χ3v) is 3.99. The molecule has 0 heterocycles. The second kappa shape index (κ2) is 5.83. The Labute approximate surface area is 135 Å². The van der Waals surface area contributed by atoms with E-state index in [1.54, 1.807) is 0 Å². The van der Waals surface area contributed by atoms with Crippen molar-refractivity contribution in [3.8, 4) is 0 Å². The Morgan fingerprint density at radius 3 is 1.57 bits per heavy atom. The van der Waals surface area contributed by atoms with Crippen molar-refractivity contribution in [1.82, 2.24) is 0 Å². The molecular weight excluding hydrogens is 390 g/mol. The molecule has 0 aromatic heterocycles. The van der Waals surface area contributed by atoms with Crippen LogP contribution in [-0.4, -0.2) is 11.3 Å². The Hall–Kier alpha value is -1.54. The zero-order chi connectivity index (χ0) is 17.5. The summed E-state index contributed by atoms with van der Waals surface area (Å²) >= 11 is 2.86. The van der Waals surface area contributed by atoms with E-state index in [0.717, 1.165) is 18.2 Å². The van der Waals surface area contributed by atoms with Crippen molar-refractivity contribution < 1.29 is 31.4 Å². The summed E-state index contributed by atoms with van der Waals surface area (Å²) in [6.45, 7) is 0. The van der Waals surface area contributed by atoms with Crippen LogP contribution in [0.15, 0.2) is 53.0 Å². The Bertz CT molecular complexity index is 710. The molecular formula is C15H9BrF6O. The second-order valence-corrected chi connectivity index (χ2v) is 5.59. The van der Waals surface area contributed by atoms with Crippen molar-refractivity contribution in [3.05, 3.63) is 69.7 Å². The standard InChI is InChI=1S/C15H9BrF6O/c16-12-8-4-3-7-11(12)13(23,15(20,21)22)9-5-1-2-6-10(9)14(17,18)19/h1-8,23H. The van der Waals surface area contributed by atoms with Gasteiger partial charge in [-0.05, 0) is 12.1 Å². The lowest BCUT2D eigenvalue weighted by Crippen LogP contribution is -2.45. The molecule has 0 amide bonds. The maximum Gasteiger partial charge on any atom is 0.425 e. The quantitative estimate of drug-likeness (QED) is 0.683. The lowest BCUT2D eigenvalue weighted by molar-refractivity contribution is -0.250. The molecule has 2 aromatic carbocycles. The maximum absolute atomic E-state index is 13.6. The molecule has 0 aliphatic heterocycles. The highest BCUT2D eigenvalue weighted by molar-refractivity contribution is 9.10. The Morgan fingerprint density at radius 1 is 0.696 bits per heavy atom. The van der Waals surface area contributed by atoms with Gasteiger partial charge in [0.15, 0.2) is 0 Å². The number of hydrogen-bond acceptors (Lipinski definition) is 1. The summed E-state index contributed by atoms with van der Waals surface area (Å²) in [5, 5.41) is 10.4. The van der Waals surface area contributed by atoms with E-state index >= 15 is 0 Å². The number of halogens is 7. The van der Waals surface area contributed by atoms with Crippen LogP contribution in [0.5, 0.6) is 0 Å². The fourth-order valence-electron chi connectivity index (χ4n) is 2.25. The van der Waals surface area contributed by atoms with E-state index in [1.165, 1.54) is 18.2 Å². The first-order valence-corrected chi connectivity index (χ1v) is 6.99. The van der Waals surface area contributed by atoms with Gasteiger partial charge in [-0.1, -0.05) is 52.3 Å². The van der Waals surface area contributed by atoms with Gasteiger partial charge in [0.05, 0.1) is 5.56 Å². The lowest BCUT2D eigenvalue weighted by atomic mass is 9.82. The van der Waals surface area contributed by atoms with Crippen molar-refractivity contribution >= 4 is 15.9 Å². The molecule has 1 unspecified atom stereocenters. The summed E-state index contributed by atoms with van der Waals surface area (Å²) in [6, 6.07) is 7.82. The number of alkyl halides is 6. The zero-order valence-corrected chi connectivity index (χ0v) is 12.8. The van der Waals surface area contributed by atoms with E-state index in [-0.39, 0.29) is 4.47 Å². The molecule has 124 valence electrons. The van der Waals surface area contributed by atoms with Crippen LogP contribution in [0.1, 0.15) is 16.7 Å². The van der Waals surface area contributed by atoms with Crippen LogP contribution in [-0.2, 0) is 11.8 Å². The van der Waals surface area contributed by atoms with Crippen molar-refractivity contribution in [1.29, 1.82) is 0 Å². The predicted octanol–water partition coefficient (Wildman–Crippen LogP) is 5.27. The van der Waals surface area contributed by atoms with Crippen molar-refractivity contribution in [3.63, 3.8) is 0 Å². The summed E-state index contributed by atoms with van der Waals surface area (Å²) in [4.78, 5) is 0. The molecule has 0 saturated heterocycles. The molecule has 0 radical (unpaired) electrons. The molecule has 1 N–H and O–H groups in total. The summed E-state index contributed by atoms with van der Waals surface area (Å²) in [5.74, 6) is 0. The van der Waals surface area contributed by atoms with Crippen molar-refractivity contribution in [2.24, 2.45) is 0 Å². The SMILES string of the molecule is OC(c1ccccc1Br)(c1ccccc1C(F)(F)F)C(F)(F)F. The first-order chi connectivity index (χ1) is 10.5. The van der Waals surface area contributed by atoms with Crippen LogP contribution >= 0.6 is 15.9 Å². The smallest absolute Gasteiger partial charge is 0.372 e. The van der Waals surface area contributed by atoms with Gasteiger partial charge >= 0.3 is 12.4 Å². The molecule has 0 spiro atoms. The van der Waals surface area contributed by atoms with Gasteiger partial charge in [0.2, 0.25) is 5.60 Å². The summed E-state index contributed by atoms with van der Waals surface area (Å²) in [5.41, 5.74) is -7.34.